The molecule has 1 saturated heterocycles. The topological polar surface area (TPSA) is 119 Å². The lowest BCUT2D eigenvalue weighted by atomic mass is 10.0. The van der Waals surface area contributed by atoms with Gasteiger partial charge >= 0.3 is 0 Å². The Morgan fingerprint density at radius 2 is 2.00 bits per heavy atom. The SMILES string of the molecule is Cc1nnc2ccc(N3CC(CNS(=O)(=O)Cc4noc5ccccc45)C3)nn12. The van der Waals surface area contributed by atoms with Crippen LogP contribution in [-0.4, -0.2) is 53.0 Å². The van der Waals surface area contributed by atoms with Gasteiger partial charge in [-0.15, -0.1) is 15.3 Å². The smallest absolute Gasteiger partial charge is 0.217 e. The van der Waals surface area contributed by atoms with Crippen molar-refractivity contribution < 1.29 is 12.9 Å². The van der Waals surface area contributed by atoms with E-state index in [1.165, 1.54) is 0 Å². The Kier molecular flexibility index (Phi) is 4.21. The number of hydrogen-bond acceptors (Lipinski definition) is 8. The molecule has 1 aliphatic rings. The molecule has 3 aromatic heterocycles. The number of aromatic nitrogens is 5. The van der Waals surface area contributed by atoms with Gasteiger partial charge in [0.15, 0.2) is 17.1 Å². The van der Waals surface area contributed by atoms with E-state index in [1.807, 2.05) is 37.3 Å². The zero-order valence-corrected chi connectivity index (χ0v) is 16.5. The predicted molar refractivity (Wildman–Crippen MR) is 106 cm³/mol. The van der Waals surface area contributed by atoms with Gasteiger partial charge in [-0.2, -0.15) is 4.52 Å². The van der Waals surface area contributed by atoms with Crippen LogP contribution in [0, 0.1) is 12.8 Å². The van der Waals surface area contributed by atoms with E-state index in [1.54, 1.807) is 10.6 Å². The minimum absolute atomic E-state index is 0.203. The second kappa shape index (κ2) is 6.78. The number of benzene rings is 1. The van der Waals surface area contributed by atoms with Crippen LogP contribution in [0.3, 0.4) is 0 Å². The van der Waals surface area contributed by atoms with E-state index in [2.05, 4.69) is 30.1 Å². The minimum Gasteiger partial charge on any atom is -0.356 e. The van der Waals surface area contributed by atoms with Gasteiger partial charge in [0, 0.05) is 30.9 Å². The first-order valence-corrected chi connectivity index (χ1v) is 10.9. The molecule has 0 unspecified atom stereocenters. The molecule has 1 fully saturated rings. The molecule has 0 spiro atoms. The largest absolute Gasteiger partial charge is 0.356 e. The molecule has 0 radical (unpaired) electrons. The first kappa shape index (κ1) is 18.0. The number of rotatable bonds is 6. The van der Waals surface area contributed by atoms with E-state index in [4.69, 9.17) is 4.52 Å². The van der Waals surface area contributed by atoms with Gasteiger partial charge in [-0.1, -0.05) is 17.3 Å². The molecular formula is C18H19N7O3S. The monoisotopic (exact) mass is 413 g/mol. The molecule has 0 atom stereocenters. The molecule has 11 heteroatoms. The molecule has 0 aliphatic carbocycles. The van der Waals surface area contributed by atoms with Crippen LogP contribution >= 0.6 is 0 Å². The molecule has 4 aromatic rings. The van der Waals surface area contributed by atoms with Crippen LogP contribution < -0.4 is 9.62 Å². The molecular weight excluding hydrogens is 394 g/mol. The van der Waals surface area contributed by atoms with Gasteiger partial charge in [0.2, 0.25) is 10.0 Å². The highest BCUT2D eigenvalue weighted by molar-refractivity contribution is 7.88. The molecule has 0 bridgehead atoms. The summed E-state index contributed by atoms with van der Waals surface area (Å²) in [6.45, 7) is 3.69. The van der Waals surface area contributed by atoms with Gasteiger partial charge in [-0.25, -0.2) is 13.1 Å². The summed E-state index contributed by atoms with van der Waals surface area (Å²) in [4.78, 5) is 2.10. The normalized spacial score (nSPS) is 15.3. The summed E-state index contributed by atoms with van der Waals surface area (Å²) in [6, 6.07) is 11.0. The number of sulfonamides is 1. The van der Waals surface area contributed by atoms with Crippen molar-refractivity contribution in [3.8, 4) is 0 Å². The van der Waals surface area contributed by atoms with Gasteiger partial charge in [0.1, 0.15) is 17.3 Å². The average molecular weight is 413 g/mol. The lowest BCUT2D eigenvalue weighted by Crippen LogP contribution is -2.52. The fourth-order valence-electron chi connectivity index (χ4n) is 3.46. The van der Waals surface area contributed by atoms with Gasteiger partial charge in [-0.05, 0) is 31.2 Å². The number of anilines is 1. The average Bonchev–Trinajstić information content (AvgIpc) is 3.24. The maximum Gasteiger partial charge on any atom is 0.217 e. The Hall–Kier alpha value is -3.05. The van der Waals surface area contributed by atoms with Crippen LogP contribution in [0.15, 0.2) is 40.9 Å². The molecule has 4 heterocycles. The summed E-state index contributed by atoms with van der Waals surface area (Å²) in [5.74, 6) is 1.57. The lowest BCUT2D eigenvalue weighted by molar-refractivity contribution is 0.401. The summed E-state index contributed by atoms with van der Waals surface area (Å²) in [6.07, 6.45) is 0. The minimum atomic E-state index is -3.50. The number of nitrogens with one attached hydrogen (secondary N) is 1. The second-order valence-electron chi connectivity index (χ2n) is 7.21. The number of aryl methyl sites for hydroxylation is 1. The van der Waals surface area contributed by atoms with Crippen LogP contribution in [0.5, 0.6) is 0 Å². The Balaban J connectivity index is 1.18. The van der Waals surface area contributed by atoms with Crippen molar-refractivity contribution in [2.75, 3.05) is 24.5 Å². The van der Waals surface area contributed by atoms with Crippen LogP contribution in [0.1, 0.15) is 11.5 Å². The van der Waals surface area contributed by atoms with E-state index in [0.717, 1.165) is 30.1 Å². The van der Waals surface area contributed by atoms with Gasteiger partial charge in [-0.3, -0.25) is 0 Å². The van der Waals surface area contributed by atoms with E-state index in [9.17, 15) is 8.42 Å². The third-order valence-corrected chi connectivity index (χ3v) is 6.32. The third-order valence-electron chi connectivity index (χ3n) is 5.06. The summed E-state index contributed by atoms with van der Waals surface area (Å²) in [5, 5.41) is 17.2. The molecule has 10 nitrogen and oxygen atoms in total. The maximum atomic E-state index is 12.5. The third kappa shape index (κ3) is 3.42. The zero-order valence-electron chi connectivity index (χ0n) is 15.7. The molecule has 0 saturated carbocycles. The maximum absolute atomic E-state index is 12.5. The Labute approximate surface area is 166 Å². The number of fused-ring (bicyclic) bond motifs is 2. The van der Waals surface area contributed by atoms with E-state index in [0.29, 0.717) is 23.5 Å². The van der Waals surface area contributed by atoms with Gasteiger partial charge in [0.05, 0.1) is 0 Å². The molecule has 29 heavy (non-hydrogen) atoms. The van der Waals surface area contributed by atoms with Crippen molar-refractivity contribution >= 4 is 32.5 Å². The van der Waals surface area contributed by atoms with Crippen LogP contribution in [0.2, 0.25) is 0 Å². The van der Waals surface area contributed by atoms with Crippen molar-refractivity contribution in [2.45, 2.75) is 12.7 Å². The molecule has 1 N–H and O–H groups in total. The fourth-order valence-corrected chi connectivity index (χ4v) is 4.62. The van der Waals surface area contributed by atoms with Crippen molar-refractivity contribution in [3.63, 3.8) is 0 Å². The molecule has 0 amide bonds. The van der Waals surface area contributed by atoms with Crippen molar-refractivity contribution in [1.29, 1.82) is 0 Å². The summed E-state index contributed by atoms with van der Waals surface area (Å²) < 4.78 is 34.5. The molecule has 150 valence electrons. The Bertz CT molecular complexity index is 1290. The highest BCUT2D eigenvalue weighted by atomic mass is 32.2. The summed E-state index contributed by atoms with van der Waals surface area (Å²) >= 11 is 0. The summed E-state index contributed by atoms with van der Waals surface area (Å²) in [7, 11) is -3.50. The predicted octanol–water partition coefficient (Wildman–Crippen LogP) is 1.13. The lowest BCUT2D eigenvalue weighted by Gasteiger charge is -2.40. The van der Waals surface area contributed by atoms with Crippen LogP contribution in [-0.2, 0) is 15.8 Å². The zero-order chi connectivity index (χ0) is 20.0. The van der Waals surface area contributed by atoms with Crippen molar-refractivity contribution in [2.24, 2.45) is 5.92 Å². The highest BCUT2D eigenvalue weighted by Gasteiger charge is 2.29. The number of para-hydroxylation sites is 1. The fraction of sp³-hybridized carbons (Fsp3) is 0.333. The van der Waals surface area contributed by atoms with Crippen molar-refractivity contribution in [3.05, 3.63) is 47.9 Å². The standard InChI is InChI=1S/C18H19N7O3S/c1-12-20-21-17-6-7-18(22-25(12)17)24-9-13(10-24)8-19-29(26,27)11-15-14-4-2-3-5-16(14)28-23-15/h2-7,13,19H,8-11H2,1H3. The van der Waals surface area contributed by atoms with Crippen LogP contribution in [0.4, 0.5) is 5.82 Å². The van der Waals surface area contributed by atoms with Gasteiger partial charge in [0.25, 0.3) is 0 Å². The van der Waals surface area contributed by atoms with Crippen molar-refractivity contribution in [1.82, 2.24) is 29.7 Å². The molecule has 1 aromatic carbocycles. The second-order valence-corrected chi connectivity index (χ2v) is 9.02. The van der Waals surface area contributed by atoms with E-state index in [-0.39, 0.29) is 11.7 Å². The Morgan fingerprint density at radius 1 is 1.17 bits per heavy atom. The molecule has 5 rings (SSSR count). The molecule has 1 aliphatic heterocycles. The quantitative estimate of drug-likeness (QED) is 0.500. The first-order chi connectivity index (χ1) is 14.0. The highest BCUT2D eigenvalue weighted by Crippen LogP contribution is 2.23. The van der Waals surface area contributed by atoms with E-state index < -0.39 is 10.0 Å². The number of nitrogens with zero attached hydrogens (tertiary/aromatic N) is 6. The number of hydrogen-bond donors (Lipinski definition) is 1. The Morgan fingerprint density at radius 3 is 2.86 bits per heavy atom. The van der Waals surface area contributed by atoms with Crippen LogP contribution in [0.25, 0.3) is 16.6 Å². The summed E-state index contributed by atoms with van der Waals surface area (Å²) in [5.41, 5.74) is 1.71. The van der Waals surface area contributed by atoms with E-state index >= 15 is 0 Å². The van der Waals surface area contributed by atoms with Gasteiger partial charge < -0.3 is 9.42 Å². The first-order valence-electron chi connectivity index (χ1n) is 9.23.